The maximum Gasteiger partial charge on any atom is 2.00 e. The first-order chi connectivity index (χ1) is 3.73. The Hall–Kier alpha value is 1.12. The van der Waals surface area contributed by atoms with E-state index >= 15 is 0 Å². The number of hydrogen-bond donors (Lipinski definition) is 3. The van der Waals surface area contributed by atoms with E-state index in [1.54, 1.807) is 0 Å². The molecule has 0 saturated heterocycles. The van der Waals surface area contributed by atoms with E-state index in [4.69, 9.17) is 27.4 Å². The fourth-order valence-electron chi connectivity index (χ4n) is 0. The second-order valence-electron chi connectivity index (χ2n) is 0.967. The molecule has 11 heavy (non-hydrogen) atoms. The number of rotatable bonds is 0. The van der Waals surface area contributed by atoms with Gasteiger partial charge in [-0.3, -0.25) is 13.9 Å². The van der Waals surface area contributed by atoms with Crippen molar-refractivity contribution in [2.45, 2.75) is 6.92 Å². The smallest absolute Gasteiger partial charge is 1.00 e. The zero-order chi connectivity index (χ0) is 8.08. The summed E-state index contributed by atoms with van der Waals surface area (Å²) < 4.78 is 31.6. The largest absolute Gasteiger partial charge is 2.00 e. The van der Waals surface area contributed by atoms with Gasteiger partial charge in [0.25, 0.3) is 5.97 Å². The fraction of sp³-hybridized carbons (Fsp3) is 0.500. The molecule has 9 heteroatoms. The third-order valence-electron chi connectivity index (χ3n) is 0. The molecular weight excluding hydrogens is 248 g/mol. The number of carboxylic acids is 1. The Morgan fingerprint density at radius 1 is 1.36 bits per heavy atom. The van der Waals surface area contributed by atoms with Crippen molar-refractivity contribution in [1.82, 2.24) is 0 Å². The van der Waals surface area contributed by atoms with Crippen molar-refractivity contribution in [2.75, 3.05) is 0 Å². The molecule has 0 bridgehead atoms. The summed E-state index contributed by atoms with van der Waals surface area (Å²) in [5.74, 6) is -0.833. The molecular formula is C2H8CaFeO6S. The molecule has 0 radical (unpaired) electrons. The molecule has 0 rings (SSSR count). The van der Waals surface area contributed by atoms with Crippen LogP contribution in [0.25, 0.3) is 0 Å². The Balaban J connectivity index is -0.0000000146. The van der Waals surface area contributed by atoms with Crippen molar-refractivity contribution in [3.05, 3.63) is 0 Å². The van der Waals surface area contributed by atoms with Crippen molar-refractivity contribution in [2.24, 2.45) is 0 Å². The maximum absolute atomic E-state index is 9.00. The van der Waals surface area contributed by atoms with Crippen molar-refractivity contribution >= 4 is 54.1 Å². The van der Waals surface area contributed by atoms with Gasteiger partial charge in [0.1, 0.15) is 0 Å². The first-order valence-electron chi connectivity index (χ1n) is 1.63. The minimum Gasteiger partial charge on any atom is -1.00 e. The van der Waals surface area contributed by atoms with Crippen molar-refractivity contribution < 1.29 is 47.3 Å². The molecule has 0 saturated carbocycles. The fourth-order valence-corrected chi connectivity index (χ4v) is 0. The van der Waals surface area contributed by atoms with Crippen LogP contribution in [0.2, 0.25) is 0 Å². The Kier molecular flexibility index (Phi) is 23.0. The van der Waals surface area contributed by atoms with E-state index in [9.17, 15) is 0 Å². The first-order valence-corrected chi connectivity index (χ1v) is 3.02. The second-order valence-corrected chi connectivity index (χ2v) is 1.86. The van der Waals surface area contributed by atoms with Gasteiger partial charge >= 0.3 is 48.1 Å². The van der Waals surface area contributed by atoms with E-state index in [1.807, 2.05) is 0 Å². The van der Waals surface area contributed by atoms with Crippen LogP contribution < -0.4 is 0 Å². The van der Waals surface area contributed by atoms with E-state index in [0.29, 0.717) is 0 Å². The summed E-state index contributed by atoms with van der Waals surface area (Å²) >= 11 is 0. The molecule has 0 heterocycles. The molecule has 0 unspecified atom stereocenters. The average molecular weight is 256 g/mol. The van der Waals surface area contributed by atoms with Crippen LogP contribution in [0, 0.1) is 0 Å². The van der Waals surface area contributed by atoms with Gasteiger partial charge in [-0.1, -0.05) is 0 Å². The quantitative estimate of drug-likeness (QED) is 0.389. The van der Waals surface area contributed by atoms with Crippen LogP contribution in [0.4, 0.5) is 0 Å². The number of carbonyl (C=O) groups is 1. The molecule has 0 fully saturated rings. The molecule has 0 amide bonds. The van der Waals surface area contributed by atoms with Crippen LogP contribution in [0.5, 0.6) is 0 Å². The molecule has 0 aliphatic rings. The molecule has 0 aromatic heterocycles. The van der Waals surface area contributed by atoms with Crippen molar-refractivity contribution in [1.29, 1.82) is 0 Å². The molecule has 0 aliphatic carbocycles. The van der Waals surface area contributed by atoms with Gasteiger partial charge in [-0.15, -0.1) is 0 Å². The van der Waals surface area contributed by atoms with E-state index in [-0.39, 0.29) is 57.7 Å². The number of hydrogen-bond acceptors (Lipinski definition) is 3. The Labute approximate surface area is 107 Å². The van der Waals surface area contributed by atoms with Gasteiger partial charge in [0.2, 0.25) is 0 Å². The van der Waals surface area contributed by atoms with Crippen molar-refractivity contribution in [3.63, 3.8) is 0 Å². The summed E-state index contributed by atoms with van der Waals surface area (Å²) in [6.45, 7) is 1.08. The topological polar surface area (TPSA) is 112 Å². The summed E-state index contributed by atoms with van der Waals surface area (Å²) in [6, 6.07) is 0. The van der Waals surface area contributed by atoms with E-state index < -0.39 is 16.4 Å². The minimum absolute atomic E-state index is 0. The van der Waals surface area contributed by atoms with Gasteiger partial charge in [0.05, 0.1) is 0 Å². The predicted molar refractivity (Wildman–Crippen MR) is 35.5 cm³/mol. The molecule has 0 spiro atoms. The van der Waals surface area contributed by atoms with Crippen molar-refractivity contribution in [3.8, 4) is 0 Å². The van der Waals surface area contributed by atoms with Gasteiger partial charge in [-0.05, 0) is 0 Å². The standard InChI is InChI=1S/C2H4O2.Ca.Fe.H2O4S.2H/c1-2(3)4;;;1-5(2,3)4;;/h1H3,(H,3,4);;;(H2,1,2,3,4);;/q;+2;;;2*-1. The van der Waals surface area contributed by atoms with Crippen LogP contribution in [0.15, 0.2) is 0 Å². The van der Waals surface area contributed by atoms with Gasteiger partial charge in [0, 0.05) is 24.0 Å². The van der Waals surface area contributed by atoms with E-state index in [1.165, 1.54) is 0 Å². The zero-order valence-corrected chi connectivity index (χ0v) is 9.66. The molecule has 3 N–H and O–H groups in total. The summed E-state index contributed by atoms with van der Waals surface area (Å²) in [5, 5.41) is 7.42. The van der Waals surface area contributed by atoms with E-state index in [0.717, 1.165) is 6.92 Å². The van der Waals surface area contributed by atoms with Crippen LogP contribution in [0.3, 0.4) is 0 Å². The molecule has 68 valence electrons. The van der Waals surface area contributed by atoms with Crippen LogP contribution >= 0.6 is 0 Å². The number of aliphatic carboxylic acids is 1. The van der Waals surface area contributed by atoms with Gasteiger partial charge < -0.3 is 7.96 Å². The first kappa shape index (κ1) is 22.7. The normalized spacial score (nSPS) is 7.55. The third-order valence-corrected chi connectivity index (χ3v) is 0. The minimum atomic E-state index is -4.67. The molecule has 0 aromatic carbocycles. The molecule has 0 aliphatic heterocycles. The Morgan fingerprint density at radius 3 is 1.36 bits per heavy atom. The molecule has 0 aromatic rings. The van der Waals surface area contributed by atoms with Gasteiger partial charge in [-0.2, -0.15) is 8.42 Å². The summed E-state index contributed by atoms with van der Waals surface area (Å²) in [5.41, 5.74) is 0. The SMILES string of the molecule is CC(=O)O.O=S(=O)(O)O.[Ca+2].[Fe].[H-].[H-]. The van der Waals surface area contributed by atoms with E-state index in [2.05, 4.69) is 0 Å². The van der Waals surface area contributed by atoms with Crippen LogP contribution in [-0.4, -0.2) is 66.3 Å². The number of carboxylic acid groups (broad SMARTS) is 1. The van der Waals surface area contributed by atoms with Gasteiger partial charge in [0.15, 0.2) is 0 Å². The summed E-state index contributed by atoms with van der Waals surface area (Å²) in [6.07, 6.45) is 0. The summed E-state index contributed by atoms with van der Waals surface area (Å²) in [4.78, 5) is 9.00. The Bertz CT molecular complexity index is 171. The Morgan fingerprint density at radius 2 is 1.36 bits per heavy atom. The monoisotopic (exact) mass is 256 g/mol. The van der Waals surface area contributed by atoms with Crippen LogP contribution in [-0.2, 0) is 32.3 Å². The third kappa shape index (κ3) is 738. The molecule has 6 nitrogen and oxygen atoms in total. The van der Waals surface area contributed by atoms with Crippen LogP contribution in [0.1, 0.15) is 9.78 Å². The average Bonchev–Trinajstić information content (AvgIpc) is 1.19. The second kappa shape index (κ2) is 11.1. The maximum atomic E-state index is 9.00. The zero-order valence-electron chi connectivity index (χ0n) is 7.54. The predicted octanol–water partition coefficient (Wildman–Crippen LogP) is -0.720. The molecule has 0 atom stereocenters. The summed E-state index contributed by atoms with van der Waals surface area (Å²) in [7, 11) is -4.67. The van der Waals surface area contributed by atoms with Gasteiger partial charge in [-0.25, -0.2) is 0 Å².